The largest absolute Gasteiger partial charge is 0.472 e. The van der Waals surface area contributed by atoms with Crippen LogP contribution in [0.4, 0.5) is 0 Å². The van der Waals surface area contributed by atoms with Crippen molar-refractivity contribution < 1.29 is 23.9 Å². The van der Waals surface area contributed by atoms with E-state index in [2.05, 4.69) is 5.32 Å². The van der Waals surface area contributed by atoms with Crippen molar-refractivity contribution in [3.05, 3.63) is 48.4 Å². The molecule has 1 heterocycles. The standard InChI is InChI=1S/C17H18N2O5/c1-18-16(22)15(14(21)9-20)19(2)17(23)12-5-3-11(4-6-12)13-7-8-24-10-13/h3-8,10,15,20H,9H2,1-2H3,(H,18,22). The molecule has 0 aliphatic carbocycles. The van der Waals surface area contributed by atoms with Gasteiger partial charge in [0, 0.05) is 25.2 Å². The summed E-state index contributed by atoms with van der Waals surface area (Å²) in [5, 5.41) is 11.3. The highest BCUT2D eigenvalue weighted by atomic mass is 16.3. The van der Waals surface area contributed by atoms with Crippen LogP contribution in [0.5, 0.6) is 0 Å². The van der Waals surface area contributed by atoms with Crippen LogP contribution in [0.1, 0.15) is 10.4 Å². The maximum Gasteiger partial charge on any atom is 0.254 e. The van der Waals surface area contributed by atoms with Gasteiger partial charge in [-0.2, -0.15) is 0 Å². The van der Waals surface area contributed by atoms with Gasteiger partial charge < -0.3 is 19.7 Å². The van der Waals surface area contributed by atoms with E-state index in [1.807, 2.05) is 0 Å². The first-order chi connectivity index (χ1) is 11.5. The van der Waals surface area contributed by atoms with Gasteiger partial charge in [-0.3, -0.25) is 14.4 Å². The molecule has 0 saturated carbocycles. The topological polar surface area (TPSA) is 99.9 Å². The molecule has 2 amide bonds. The lowest BCUT2D eigenvalue weighted by molar-refractivity contribution is -0.135. The van der Waals surface area contributed by atoms with E-state index in [1.165, 1.54) is 14.1 Å². The molecule has 1 aromatic heterocycles. The molecule has 2 N–H and O–H groups in total. The highest BCUT2D eigenvalue weighted by Gasteiger charge is 2.32. The average Bonchev–Trinajstić information content (AvgIpc) is 3.15. The summed E-state index contributed by atoms with van der Waals surface area (Å²) in [5.74, 6) is -1.90. The van der Waals surface area contributed by atoms with Crippen molar-refractivity contribution in [1.29, 1.82) is 0 Å². The minimum atomic E-state index is -1.37. The molecule has 0 spiro atoms. The zero-order valence-corrected chi connectivity index (χ0v) is 13.4. The van der Waals surface area contributed by atoms with Crippen LogP contribution >= 0.6 is 0 Å². The van der Waals surface area contributed by atoms with Gasteiger partial charge in [0.25, 0.3) is 5.91 Å². The van der Waals surface area contributed by atoms with Gasteiger partial charge in [0.2, 0.25) is 5.91 Å². The number of nitrogens with one attached hydrogen (secondary N) is 1. The summed E-state index contributed by atoms with van der Waals surface area (Å²) in [7, 11) is 2.71. The van der Waals surface area contributed by atoms with E-state index in [0.29, 0.717) is 5.56 Å². The molecule has 2 aromatic rings. The zero-order chi connectivity index (χ0) is 17.7. The maximum absolute atomic E-state index is 12.5. The first kappa shape index (κ1) is 17.4. The fourth-order valence-corrected chi connectivity index (χ4v) is 2.32. The summed E-state index contributed by atoms with van der Waals surface area (Å²) in [6.45, 7) is -0.824. The number of carbonyl (C=O) groups is 3. The van der Waals surface area contributed by atoms with Gasteiger partial charge in [0.05, 0.1) is 12.5 Å². The van der Waals surface area contributed by atoms with E-state index in [0.717, 1.165) is 16.0 Å². The number of hydrogen-bond donors (Lipinski definition) is 2. The number of likely N-dealkylation sites (N-methyl/N-ethyl adjacent to an activating group) is 2. The second kappa shape index (κ2) is 7.56. The molecule has 0 bridgehead atoms. The summed E-state index contributed by atoms with van der Waals surface area (Å²) in [6, 6.07) is 7.12. The third-order valence-electron chi connectivity index (χ3n) is 3.65. The minimum absolute atomic E-state index is 0.324. The molecule has 0 saturated heterocycles. The van der Waals surface area contributed by atoms with E-state index < -0.39 is 30.2 Å². The molecule has 1 unspecified atom stereocenters. The Morgan fingerprint density at radius 1 is 1.17 bits per heavy atom. The molecule has 2 rings (SSSR count). The number of nitrogens with zero attached hydrogens (tertiary/aromatic N) is 1. The third-order valence-corrected chi connectivity index (χ3v) is 3.65. The van der Waals surface area contributed by atoms with E-state index in [-0.39, 0.29) is 0 Å². The number of ketones is 1. The van der Waals surface area contributed by atoms with Crippen LogP contribution in [0, 0.1) is 0 Å². The molecule has 0 fully saturated rings. The predicted molar refractivity (Wildman–Crippen MR) is 86.2 cm³/mol. The highest BCUT2D eigenvalue weighted by Crippen LogP contribution is 2.20. The van der Waals surface area contributed by atoms with Gasteiger partial charge in [0.15, 0.2) is 11.8 Å². The van der Waals surface area contributed by atoms with Gasteiger partial charge in [-0.25, -0.2) is 0 Å². The monoisotopic (exact) mass is 330 g/mol. The molecule has 126 valence electrons. The van der Waals surface area contributed by atoms with Gasteiger partial charge in [-0.15, -0.1) is 0 Å². The Balaban J connectivity index is 2.22. The number of hydrogen-bond acceptors (Lipinski definition) is 5. The van der Waals surface area contributed by atoms with Gasteiger partial charge in [-0.05, 0) is 23.8 Å². The Kier molecular flexibility index (Phi) is 5.49. The average molecular weight is 330 g/mol. The van der Waals surface area contributed by atoms with E-state index >= 15 is 0 Å². The van der Waals surface area contributed by atoms with Crippen LogP contribution in [-0.4, -0.2) is 54.3 Å². The van der Waals surface area contributed by atoms with Crippen LogP contribution in [0.15, 0.2) is 47.3 Å². The Bertz CT molecular complexity index is 706. The van der Waals surface area contributed by atoms with Crippen molar-refractivity contribution in [3.8, 4) is 11.1 Å². The van der Waals surface area contributed by atoms with Crippen LogP contribution in [0.3, 0.4) is 0 Å². The Hall–Kier alpha value is -2.93. The lowest BCUT2D eigenvalue weighted by atomic mass is 10.0. The van der Waals surface area contributed by atoms with Crippen molar-refractivity contribution in [2.75, 3.05) is 20.7 Å². The Morgan fingerprint density at radius 3 is 2.33 bits per heavy atom. The molecule has 0 radical (unpaired) electrons. The molecular formula is C17H18N2O5. The molecule has 1 atom stereocenters. The molecule has 24 heavy (non-hydrogen) atoms. The summed E-state index contributed by atoms with van der Waals surface area (Å²) < 4.78 is 5.01. The molecule has 0 aliphatic heterocycles. The number of aliphatic hydroxyl groups excluding tert-OH is 1. The van der Waals surface area contributed by atoms with Crippen LogP contribution in [-0.2, 0) is 9.59 Å². The minimum Gasteiger partial charge on any atom is -0.472 e. The summed E-state index contributed by atoms with van der Waals surface area (Å²) >= 11 is 0. The number of rotatable bonds is 6. The second-order valence-corrected chi connectivity index (χ2v) is 5.15. The first-order valence-electron chi connectivity index (χ1n) is 7.24. The number of Topliss-reactive ketones (excluding diaryl/α,β-unsaturated/α-hetero) is 1. The highest BCUT2D eigenvalue weighted by molar-refractivity contribution is 6.10. The van der Waals surface area contributed by atoms with Crippen molar-refractivity contribution in [1.82, 2.24) is 10.2 Å². The normalized spacial score (nSPS) is 11.6. The summed E-state index contributed by atoms with van der Waals surface area (Å²) in [5.41, 5.74) is 2.07. The first-order valence-corrected chi connectivity index (χ1v) is 7.24. The quantitative estimate of drug-likeness (QED) is 0.759. The molecule has 1 aromatic carbocycles. The van der Waals surface area contributed by atoms with Crippen molar-refractivity contribution in [2.24, 2.45) is 0 Å². The van der Waals surface area contributed by atoms with Crippen LogP contribution in [0.25, 0.3) is 11.1 Å². The van der Waals surface area contributed by atoms with Crippen molar-refractivity contribution >= 4 is 17.6 Å². The molecule has 7 nitrogen and oxygen atoms in total. The van der Waals surface area contributed by atoms with Crippen molar-refractivity contribution in [2.45, 2.75) is 6.04 Å². The number of furan rings is 1. The van der Waals surface area contributed by atoms with Gasteiger partial charge in [-0.1, -0.05) is 12.1 Å². The molecular weight excluding hydrogens is 312 g/mol. The number of benzene rings is 1. The lowest BCUT2D eigenvalue weighted by Gasteiger charge is -2.25. The Morgan fingerprint density at radius 2 is 1.83 bits per heavy atom. The lowest BCUT2D eigenvalue weighted by Crippen LogP contribution is -2.52. The number of amides is 2. The summed E-state index contributed by atoms with van der Waals surface area (Å²) in [4.78, 5) is 37.2. The zero-order valence-electron chi connectivity index (χ0n) is 13.4. The van der Waals surface area contributed by atoms with Gasteiger partial charge >= 0.3 is 0 Å². The number of aliphatic hydroxyl groups is 1. The second-order valence-electron chi connectivity index (χ2n) is 5.15. The molecule has 7 heteroatoms. The van der Waals surface area contributed by atoms with Crippen LogP contribution < -0.4 is 5.32 Å². The Labute approximate surface area is 138 Å². The summed E-state index contributed by atoms with van der Waals surface area (Å²) in [6.07, 6.45) is 3.14. The maximum atomic E-state index is 12.5. The van der Waals surface area contributed by atoms with Crippen LogP contribution in [0.2, 0.25) is 0 Å². The third kappa shape index (κ3) is 3.52. The SMILES string of the molecule is CNC(=O)C(C(=O)CO)N(C)C(=O)c1ccc(-c2ccoc2)cc1. The fraction of sp³-hybridized carbons (Fsp3) is 0.235. The van der Waals surface area contributed by atoms with Crippen molar-refractivity contribution in [3.63, 3.8) is 0 Å². The number of carbonyl (C=O) groups excluding carboxylic acids is 3. The van der Waals surface area contributed by atoms with Gasteiger partial charge in [0.1, 0.15) is 6.61 Å². The predicted octanol–water partition coefficient (Wildman–Crippen LogP) is 0.695. The van der Waals surface area contributed by atoms with E-state index in [9.17, 15) is 14.4 Å². The smallest absolute Gasteiger partial charge is 0.254 e. The fourth-order valence-electron chi connectivity index (χ4n) is 2.32. The van der Waals surface area contributed by atoms with E-state index in [1.54, 1.807) is 42.9 Å². The molecule has 0 aliphatic rings. The van der Waals surface area contributed by atoms with E-state index in [4.69, 9.17) is 9.52 Å².